The van der Waals surface area contributed by atoms with E-state index in [4.69, 9.17) is 4.42 Å². The largest absolute Gasteiger partial charge is 0.436 e. The first kappa shape index (κ1) is 93.0. The van der Waals surface area contributed by atoms with Crippen molar-refractivity contribution in [1.82, 2.24) is 28.4 Å². The molecule has 1 aliphatic carbocycles. The molecule has 5 aliphatic rings. The fourth-order valence-corrected chi connectivity index (χ4v) is 23.4. The molecule has 0 amide bonds. The summed E-state index contributed by atoms with van der Waals surface area (Å²) >= 11 is 0. The van der Waals surface area contributed by atoms with Gasteiger partial charge in [-0.15, -0.1) is 46.8 Å². The van der Waals surface area contributed by atoms with Gasteiger partial charge in [0.2, 0.25) is 23.3 Å². The highest BCUT2D eigenvalue weighted by molar-refractivity contribution is 6.09. The van der Waals surface area contributed by atoms with Gasteiger partial charge < -0.3 is 9.32 Å². The van der Waals surface area contributed by atoms with Crippen LogP contribution in [0.3, 0.4) is 0 Å². The van der Waals surface area contributed by atoms with E-state index in [2.05, 4.69) is 506 Å². The summed E-state index contributed by atoms with van der Waals surface area (Å²) in [5.41, 5.74) is 38.1. The van der Waals surface area contributed by atoms with Crippen LogP contribution in [-0.2, 0) is 67.7 Å². The number of hydrogen-bond donors (Lipinski definition) is 0. The van der Waals surface area contributed by atoms with Gasteiger partial charge in [0.05, 0.1) is 34.9 Å². The fourth-order valence-electron chi connectivity index (χ4n) is 23.4. The molecule has 1 unspecified atom stereocenters. The smallest absolute Gasteiger partial charge is 0.246 e. The number of pyridine rings is 1. The molecule has 7 aromatic heterocycles. The number of hydrogen-bond acceptors (Lipinski definition) is 3. The molecule has 0 N–H and O–H groups in total. The zero-order chi connectivity index (χ0) is 99.7. The Hall–Kier alpha value is -13.0. The van der Waals surface area contributed by atoms with E-state index in [0.717, 1.165) is 59.0 Å². The molecule has 1 atom stereocenters. The second-order valence-electron chi connectivity index (χ2n) is 43.4. The summed E-state index contributed by atoms with van der Waals surface area (Å²) in [6.45, 7) is 54.4. The standard InChI is InChI=1S/C31H35N2.C25H32N2O.C23H27N2.C17H23N2.C17H17N2.C11H13N2/c1-20-17-21(2)19-24(18-20)28-26(23-14-10-9-11-15-23)29-31(6,7)30(4,5)25-16-12-13-22(3)27(25)33(29)32(28)8;1-16-9-11-19-20-12-10-17(2)26-23(20)28-22(19)21(16)27-18(3)25(15-24(27,4)5)13-7-6-8-14-25;1-16-11-10-14-19-20(16)25-21(23(4,5)22(19,2)3)18(15-24(25)6)17-12-8-7-9-13-17;1-12-8-7-9-13-15(12)19-14(10-11-18(19)6)17(4,5)16(13,2)3;1-14-8-6-7-11-16(14)19-13-12-17(18(19)2)15-9-4-3-5-10-15;1-10-6-3-4-7-11(10)13-9-5-8-12(13)2/h9-19H,1-8H3;9-12,18H,6-8,13-15H2,1-5H3;7-15H,1-6H3;7-11H,1-6H3;3-13H,1-2H3;3-9H,1-2H3/q+1;;4*+1/i;15D2;;;;. The van der Waals surface area contributed by atoms with Crippen LogP contribution in [0.4, 0.5) is 5.69 Å². The van der Waals surface area contributed by atoms with E-state index >= 15 is 0 Å². The normalized spacial score (nSPS) is 17.4. The first-order chi connectivity index (χ1) is 65.8. The van der Waals surface area contributed by atoms with Crippen molar-refractivity contribution in [2.75, 3.05) is 4.90 Å². The van der Waals surface area contributed by atoms with Gasteiger partial charge in [-0.2, -0.15) is 0 Å². The summed E-state index contributed by atoms with van der Waals surface area (Å²) in [4.78, 5) is 6.97. The topological polar surface area (TPSA) is 73.3 Å². The van der Waals surface area contributed by atoms with Gasteiger partial charge in [-0.1, -0.05) is 302 Å². The maximum atomic E-state index is 9.34. The van der Waals surface area contributed by atoms with Crippen LogP contribution in [0.5, 0.6) is 0 Å². The van der Waals surface area contributed by atoms with Crippen molar-refractivity contribution in [3.05, 3.63) is 370 Å². The van der Waals surface area contributed by atoms with E-state index in [1.54, 1.807) is 0 Å². The van der Waals surface area contributed by atoms with Gasteiger partial charge in [-0.25, -0.2) is 4.98 Å². The van der Waals surface area contributed by atoms with Crippen LogP contribution in [0.15, 0.2) is 290 Å². The Bertz CT molecular complexity index is 7470. The molecule has 4 aliphatic heterocycles. The van der Waals surface area contributed by atoms with Crippen LogP contribution in [0, 0.1) is 67.7 Å². The third-order valence-electron chi connectivity index (χ3n) is 32.8. The van der Waals surface area contributed by atoms with Crippen molar-refractivity contribution in [2.45, 2.75) is 249 Å². The summed E-state index contributed by atoms with van der Waals surface area (Å²) in [6, 6.07) is 91.0. The Balaban J connectivity index is 0.000000118. The Morgan fingerprint density at radius 1 is 0.380 bits per heavy atom. The molecule has 13 heteroatoms. The van der Waals surface area contributed by atoms with E-state index in [9.17, 15) is 2.74 Å². The third kappa shape index (κ3) is 16.3. The van der Waals surface area contributed by atoms with E-state index < -0.39 is 11.9 Å². The number of anilines is 1. The Kier molecular flexibility index (Phi) is 24.6. The summed E-state index contributed by atoms with van der Waals surface area (Å²) in [6.07, 6.45) is 14.7. The van der Waals surface area contributed by atoms with Crippen LogP contribution < -0.4 is 28.3 Å². The summed E-state index contributed by atoms with van der Waals surface area (Å²) in [7, 11) is 10.6. The number of aryl methyl sites for hydroxylation is 12. The molecule has 22 rings (SSSR count). The zero-order valence-electron chi connectivity index (χ0n) is 89.0. The molecule has 1 spiro atoms. The first-order valence-electron chi connectivity index (χ1n) is 50.5. The highest BCUT2D eigenvalue weighted by atomic mass is 16.3. The predicted molar refractivity (Wildman–Crippen MR) is 565 cm³/mol. The average Bonchev–Trinajstić information content (AvgIpc) is 1.48. The molecule has 11 heterocycles. The van der Waals surface area contributed by atoms with E-state index in [1.807, 2.05) is 38.4 Å². The molecule has 704 valence electrons. The van der Waals surface area contributed by atoms with Crippen LogP contribution in [0.1, 0.15) is 229 Å². The molecule has 13 nitrogen and oxygen atoms in total. The minimum atomic E-state index is -1.30. The number of benzene rings is 10. The summed E-state index contributed by atoms with van der Waals surface area (Å²) in [5, 5.41) is 2.09. The molecule has 0 radical (unpaired) electrons. The van der Waals surface area contributed by atoms with Crippen molar-refractivity contribution in [3.63, 3.8) is 0 Å². The number of nitrogens with zero attached hydrogens (tertiary/aromatic N) is 12. The van der Waals surface area contributed by atoms with Gasteiger partial charge in [0.15, 0.2) is 53.2 Å². The first-order valence-corrected chi connectivity index (χ1v) is 49.5. The lowest BCUT2D eigenvalue weighted by molar-refractivity contribution is -0.745. The van der Waals surface area contributed by atoms with Crippen molar-refractivity contribution in [1.29, 1.82) is 0 Å². The van der Waals surface area contributed by atoms with Crippen molar-refractivity contribution < 1.29 is 30.6 Å². The lowest BCUT2D eigenvalue weighted by Crippen LogP contribution is -2.51. The van der Waals surface area contributed by atoms with Crippen molar-refractivity contribution in [3.8, 4) is 73.2 Å². The number of fused-ring (bicyclic) bond motifs is 12. The molecule has 1 saturated carbocycles. The van der Waals surface area contributed by atoms with E-state index in [1.165, 1.54) is 152 Å². The highest BCUT2D eigenvalue weighted by Crippen LogP contribution is 2.60. The molecular weight excluding hydrogens is 1670 g/mol. The van der Waals surface area contributed by atoms with E-state index in [0.29, 0.717) is 5.71 Å². The molecule has 1 saturated heterocycles. The number of rotatable bonds is 7. The Morgan fingerprint density at radius 2 is 0.861 bits per heavy atom. The van der Waals surface area contributed by atoms with Crippen molar-refractivity contribution in [2.24, 2.45) is 40.7 Å². The molecule has 2 fully saturated rings. The monoisotopic (exact) mass is 1820 g/mol. The fraction of sp³-hybridized carbons (Fsp3) is 0.355. The van der Waals surface area contributed by atoms with Crippen LogP contribution in [0.2, 0.25) is 0 Å². The van der Waals surface area contributed by atoms with Gasteiger partial charge in [0, 0.05) is 92.6 Å². The molecule has 0 bridgehead atoms. The van der Waals surface area contributed by atoms with Crippen LogP contribution >= 0.6 is 0 Å². The lowest BCUT2D eigenvalue weighted by Gasteiger charge is -2.46. The van der Waals surface area contributed by atoms with Gasteiger partial charge in [-0.3, -0.25) is 0 Å². The minimum Gasteiger partial charge on any atom is -0.436 e. The van der Waals surface area contributed by atoms with Crippen LogP contribution in [0.25, 0.3) is 95.3 Å². The summed E-state index contributed by atoms with van der Waals surface area (Å²) < 4.78 is 47.7. The SMILES string of the molecule is Cc1cc(C)cc(-c2c(-c3ccccc3)c3n([n+]2C)-c2c(C)cccc2C(C)(C)C3(C)C)c1.Cc1cccc2c1-n1c(c(-c3ccccc3)c[n+]1C)C(C)(C)C2(C)C.Cc1cccc2c1-n1c(cc[n+]1C)C(C)(C)C2(C)C.Cc1ccccc1-n1ccc(-c2ccccc2)[n+]1C.Cc1ccccc1-n1ccc[n+]1C.[2H]C1([2H])C2(CCCCC2)C(C)N(c2c(C)ccc3c2oc2nc(C)ccc23)C1(C)C. The van der Waals surface area contributed by atoms with Gasteiger partial charge in [0.25, 0.3) is 0 Å². The maximum absolute atomic E-state index is 9.34. The maximum Gasteiger partial charge on any atom is 0.246 e. The average molecular weight is 1820 g/mol. The highest BCUT2D eigenvalue weighted by Gasteiger charge is 2.57. The molecule has 10 aromatic carbocycles. The lowest BCUT2D eigenvalue weighted by atomic mass is 9.59. The molecule has 17 aromatic rings. The molecule has 137 heavy (non-hydrogen) atoms. The summed E-state index contributed by atoms with van der Waals surface area (Å²) in [5.74, 6) is 0. The van der Waals surface area contributed by atoms with Crippen molar-refractivity contribution >= 4 is 27.8 Å². The van der Waals surface area contributed by atoms with Crippen LogP contribution in [-0.4, -0.2) is 40.0 Å². The number of aromatic nitrogens is 11. The number of para-hydroxylation sites is 5. The van der Waals surface area contributed by atoms with Gasteiger partial charge in [-0.05, 0) is 217 Å². The number of furan rings is 1. The van der Waals surface area contributed by atoms with Gasteiger partial charge in [0.1, 0.15) is 39.8 Å². The second-order valence-corrected chi connectivity index (χ2v) is 43.4. The Labute approximate surface area is 818 Å². The zero-order valence-corrected chi connectivity index (χ0v) is 87.0. The Morgan fingerprint density at radius 3 is 1.41 bits per heavy atom. The second kappa shape index (κ2) is 36.2. The minimum absolute atomic E-state index is 0.000226. The molecular formula is C124H147N12O+5. The van der Waals surface area contributed by atoms with E-state index in [-0.39, 0.29) is 43.9 Å². The third-order valence-corrected chi connectivity index (χ3v) is 32.8. The quantitative estimate of drug-likeness (QED) is 0.149. The van der Waals surface area contributed by atoms with Gasteiger partial charge >= 0.3 is 0 Å². The predicted octanol–water partition coefficient (Wildman–Crippen LogP) is 27.0.